The van der Waals surface area contributed by atoms with Gasteiger partial charge in [0.25, 0.3) is 0 Å². The Balaban J connectivity index is -0.000000287. The van der Waals surface area contributed by atoms with Crippen molar-refractivity contribution in [2.45, 2.75) is 52.6 Å². The van der Waals surface area contributed by atoms with Gasteiger partial charge in [0.05, 0.1) is 12.7 Å². The van der Waals surface area contributed by atoms with Crippen LogP contribution in [0.25, 0.3) is 0 Å². The fourth-order valence-electron chi connectivity index (χ4n) is 1.52. The maximum Gasteiger partial charge on any atom is 2.00 e. The van der Waals surface area contributed by atoms with Gasteiger partial charge in [0.2, 0.25) is 0 Å². The van der Waals surface area contributed by atoms with Gasteiger partial charge in [-0.05, 0) is 12.8 Å². The molecule has 2 heterocycles. The Labute approximate surface area is 180 Å². The van der Waals surface area contributed by atoms with E-state index < -0.39 is 0 Å². The van der Waals surface area contributed by atoms with E-state index in [4.69, 9.17) is 10.5 Å². The molecular formula is C16H24N6Se2Zn. The van der Waals surface area contributed by atoms with Crippen LogP contribution in [0.4, 0.5) is 0 Å². The van der Waals surface area contributed by atoms with E-state index in [1.165, 1.54) is 25.7 Å². The molecule has 0 aromatic carbocycles. The Morgan fingerprint density at radius 3 is 1.36 bits per heavy atom. The van der Waals surface area contributed by atoms with E-state index in [0.717, 1.165) is 13.1 Å². The second-order valence-electron chi connectivity index (χ2n) is 4.49. The molecule has 0 amide bonds. The van der Waals surface area contributed by atoms with Gasteiger partial charge in [-0.2, -0.15) is 0 Å². The summed E-state index contributed by atoms with van der Waals surface area (Å²) in [6, 6.07) is 0. The molecule has 0 bridgehead atoms. The Morgan fingerprint density at radius 2 is 1.16 bits per heavy atom. The number of aryl methyl sites for hydroxylation is 2. The number of unbranched alkanes of at least 4 members (excludes halogenated alkanes) is 2. The van der Waals surface area contributed by atoms with Crippen LogP contribution in [0.3, 0.4) is 0 Å². The van der Waals surface area contributed by atoms with Crippen LogP contribution in [0.15, 0.2) is 37.4 Å². The topological polar surface area (TPSA) is 83.2 Å². The molecule has 2 rings (SSSR count). The standard InChI is InChI=1S/2C7H12N2.2CHNSe.Zn/c2*1-2-3-5-9-6-4-8-7-9;2*2-1-3;/h2*4,6-7H,2-3,5H2,1H3;2*3H;/q;;;;+2/p-2. The first kappa shape index (κ1) is 28.8. The van der Waals surface area contributed by atoms with Crippen molar-refractivity contribution in [1.82, 2.24) is 19.1 Å². The van der Waals surface area contributed by atoms with E-state index in [1.54, 1.807) is 9.94 Å². The molecular weight excluding hydrogens is 500 g/mol. The van der Waals surface area contributed by atoms with E-state index >= 15 is 0 Å². The largest absolute Gasteiger partial charge is 2.00 e. The maximum absolute atomic E-state index is 7.26. The van der Waals surface area contributed by atoms with Crippen molar-refractivity contribution in [3.63, 3.8) is 0 Å². The molecule has 0 radical (unpaired) electrons. The van der Waals surface area contributed by atoms with Crippen LogP contribution < -0.4 is 0 Å². The SMILES string of the molecule is CCCCn1ccnc1.CCCCn1ccnc1.N#C[Se-].N#C[Se-].[Zn+2]. The Hall–Kier alpha value is -0.938. The first-order chi connectivity index (χ1) is 11.7. The molecule has 2 aromatic heterocycles. The van der Waals surface area contributed by atoms with Crippen molar-refractivity contribution in [3.05, 3.63) is 37.4 Å². The van der Waals surface area contributed by atoms with Crippen LogP contribution in [-0.4, -0.2) is 51.1 Å². The summed E-state index contributed by atoms with van der Waals surface area (Å²) in [7, 11) is 0. The van der Waals surface area contributed by atoms with Gasteiger partial charge in [0.15, 0.2) is 0 Å². The van der Waals surface area contributed by atoms with Gasteiger partial charge in [-0.25, -0.2) is 9.97 Å². The zero-order chi connectivity index (χ0) is 18.5. The molecule has 0 atom stereocenters. The van der Waals surface area contributed by atoms with E-state index in [2.05, 4.69) is 65.0 Å². The second-order valence-corrected chi connectivity index (χ2v) is 5.26. The van der Waals surface area contributed by atoms with Crippen molar-refractivity contribution < 1.29 is 19.5 Å². The van der Waals surface area contributed by atoms with Gasteiger partial charge in [0.1, 0.15) is 0 Å². The van der Waals surface area contributed by atoms with Crippen molar-refractivity contribution in [1.29, 1.82) is 10.5 Å². The quantitative estimate of drug-likeness (QED) is 0.545. The Kier molecular flexibility index (Phi) is 29.2. The number of nitrogens with zero attached hydrogens (tertiary/aromatic N) is 6. The third-order valence-electron chi connectivity index (χ3n) is 2.66. The number of hydrogen-bond donors (Lipinski definition) is 0. The summed E-state index contributed by atoms with van der Waals surface area (Å²) in [4.78, 5) is 11.1. The van der Waals surface area contributed by atoms with Crippen molar-refractivity contribution >= 4 is 32.0 Å². The van der Waals surface area contributed by atoms with Crippen LogP contribution in [0.2, 0.25) is 0 Å². The maximum atomic E-state index is 7.26. The molecule has 0 aliphatic carbocycles. The fraction of sp³-hybridized carbons (Fsp3) is 0.500. The minimum atomic E-state index is 0. The molecule has 0 aliphatic heterocycles. The van der Waals surface area contributed by atoms with E-state index in [0.29, 0.717) is 0 Å². The zero-order valence-corrected chi connectivity index (χ0v) is 21.3. The van der Waals surface area contributed by atoms with Gasteiger partial charge < -0.3 is 9.13 Å². The summed E-state index contributed by atoms with van der Waals surface area (Å²) in [6.45, 7) is 6.60. The molecule has 6 nitrogen and oxygen atoms in total. The summed E-state index contributed by atoms with van der Waals surface area (Å²) in [6.07, 6.45) is 16.3. The summed E-state index contributed by atoms with van der Waals surface area (Å²) >= 11 is 4.22. The number of nitriles is 2. The zero-order valence-electron chi connectivity index (χ0n) is 14.9. The fourth-order valence-corrected chi connectivity index (χ4v) is 1.52. The van der Waals surface area contributed by atoms with E-state index in [-0.39, 0.29) is 19.5 Å². The number of aromatic nitrogens is 4. The smallest absolute Gasteiger partial charge is 2.00 e. The molecule has 0 spiro atoms. The molecule has 25 heavy (non-hydrogen) atoms. The average Bonchev–Trinajstić information content (AvgIpc) is 3.27. The van der Waals surface area contributed by atoms with Gasteiger partial charge in [-0.1, -0.05) is 26.7 Å². The van der Waals surface area contributed by atoms with Gasteiger partial charge in [-0.15, -0.1) is 0 Å². The van der Waals surface area contributed by atoms with E-state index in [1.807, 2.05) is 37.4 Å². The predicted octanol–water partition coefficient (Wildman–Crippen LogP) is 2.64. The average molecular weight is 524 g/mol. The third kappa shape index (κ3) is 23.1. The Morgan fingerprint density at radius 1 is 0.840 bits per heavy atom. The van der Waals surface area contributed by atoms with Gasteiger partial charge in [0, 0.05) is 37.9 Å². The Bertz CT molecular complexity index is 482. The van der Waals surface area contributed by atoms with Crippen LogP contribution in [0.5, 0.6) is 0 Å². The summed E-state index contributed by atoms with van der Waals surface area (Å²) in [5, 5.41) is 14.5. The summed E-state index contributed by atoms with van der Waals surface area (Å²) < 4.78 is 4.20. The summed E-state index contributed by atoms with van der Waals surface area (Å²) in [5.74, 6) is 0. The number of hydrogen-bond acceptors (Lipinski definition) is 4. The van der Waals surface area contributed by atoms with Gasteiger partial charge in [-0.3, -0.25) is 0 Å². The molecule has 0 saturated carbocycles. The van der Waals surface area contributed by atoms with Gasteiger partial charge >= 0.3 is 72.0 Å². The molecule has 132 valence electrons. The van der Waals surface area contributed by atoms with Crippen LogP contribution in [-0.2, 0) is 32.6 Å². The van der Waals surface area contributed by atoms with E-state index in [9.17, 15) is 0 Å². The monoisotopic (exact) mass is 524 g/mol. The summed E-state index contributed by atoms with van der Waals surface area (Å²) in [5.41, 5.74) is 0. The second kappa shape index (κ2) is 25.3. The molecule has 0 aliphatic rings. The van der Waals surface area contributed by atoms with Crippen LogP contribution >= 0.6 is 0 Å². The third-order valence-corrected chi connectivity index (χ3v) is 2.66. The molecule has 2 aromatic rings. The van der Waals surface area contributed by atoms with Crippen LogP contribution in [0, 0.1) is 20.5 Å². The number of rotatable bonds is 6. The van der Waals surface area contributed by atoms with Crippen molar-refractivity contribution in [3.8, 4) is 9.94 Å². The minimum absolute atomic E-state index is 0. The van der Waals surface area contributed by atoms with Crippen molar-refractivity contribution in [2.24, 2.45) is 0 Å². The molecule has 0 fully saturated rings. The molecule has 0 unspecified atom stereocenters. The normalized spacial score (nSPS) is 7.68. The molecule has 0 saturated heterocycles. The number of imidazole rings is 2. The minimum Gasteiger partial charge on any atom is 2.00 e. The van der Waals surface area contributed by atoms with Crippen LogP contribution in [0.1, 0.15) is 39.5 Å². The molecule has 9 heteroatoms. The first-order valence-corrected chi connectivity index (χ1v) is 9.35. The predicted molar refractivity (Wildman–Crippen MR) is 97.0 cm³/mol. The first-order valence-electron chi connectivity index (χ1n) is 7.63. The van der Waals surface area contributed by atoms with Crippen molar-refractivity contribution in [2.75, 3.05) is 0 Å². The molecule has 0 N–H and O–H groups in total.